The van der Waals surface area contributed by atoms with Crippen molar-refractivity contribution < 1.29 is 0 Å². The summed E-state index contributed by atoms with van der Waals surface area (Å²) >= 11 is 0. The van der Waals surface area contributed by atoms with Crippen LogP contribution >= 0.6 is 0 Å². The molecule has 0 bridgehead atoms. The van der Waals surface area contributed by atoms with Crippen LogP contribution in [0.15, 0.2) is 18.7 Å². The van der Waals surface area contributed by atoms with E-state index in [-0.39, 0.29) is 0 Å². The van der Waals surface area contributed by atoms with Gasteiger partial charge in [-0.25, -0.2) is 0 Å². The van der Waals surface area contributed by atoms with Gasteiger partial charge in [-0.05, 0) is 55.2 Å². The molecule has 1 aromatic carbocycles. The summed E-state index contributed by atoms with van der Waals surface area (Å²) in [5.74, 6) is 0. The highest BCUT2D eigenvalue weighted by molar-refractivity contribution is 5.62. The van der Waals surface area contributed by atoms with Crippen molar-refractivity contribution >= 4 is 5.70 Å². The van der Waals surface area contributed by atoms with Crippen LogP contribution < -0.4 is 5.73 Å². The molecule has 1 rings (SSSR count). The summed E-state index contributed by atoms with van der Waals surface area (Å²) in [6.07, 6.45) is 0. The summed E-state index contributed by atoms with van der Waals surface area (Å²) in [5.41, 5.74) is 11.2. The smallest absolute Gasteiger partial charge is 0.0314 e. The number of aryl methyl sites for hydroxylation is 2. The molecule has 0 radical (unpaired) electrons. The molecule has 0 atom stereocenters. The molecule has 0 fully saturated rings. The van der Waals surface area contributed by atoms with E-state index in [1.54, 1.807) is 0 Å². The largest absolute Gasteiger partial charge is 0.399 e. The number of hydrogen-bond donors (Lipinski definition) is 1. The molecule has 0 saturated heterocycles. The lowest BCUT2D eigenvalue weighted by atomic mass is 10.00. The lowest BCUT2D eigenvalue weighted by Gasteiger charge is -2.08. The summed E-state index contributed by atoms with van der Waals surface area (Å²) in [7, 11) is 0. The monoisotopic (exact) mass is 161 g/mol. The molecule has 2 N–H and O–H groups in total. The molecule has 64 valence electrons. The van der Waals surface area contributed by atoms with E-state index in [0.717, 1.165) is 5.56 Å². The number of hydrogen-bond acceptors (Lipinski definition) is 1. The first-order valence-corrected chi connectivity index (χ1v) is 4.05. The molecule has 12 heavy (non-hydrogen) atoms. The van der Waals surface area contributed by atoms with E-state index in [4.69, 9.17) is 5.73 Å². The topological polar surface area (TPSA) is 26.0 Å². The van der Waals surface area contributed by atoms with Crippen LogP contribution in [0.1, 0.15) is 22.3 Å². The van der Waals surface area contributed by atoms with Crippen molar-refractivity contribution in [2.45, 2.75) is 20.8 Å². The van der Waals surface area contributed by atoms with Crippen LogP contribution in [0, 0.1) is 20.8 Å². The predicted molar refractivity (Wildman–Crippen MR) is 53.9 cm³/mol. The minimum Gasteiger partial charge on any atom is -0.399 e. The number of rotatable bonds is 1. The fourth-order valence-electron chi connectivity index (χ4n) is 1.22. The first-order valence-electron chi connectivity index (χ1n) is 4.05. The van der Waals surface area contributed by atoms with Gasteiger partial charge < -0.3 is 5.73 Å². The summed E-state index contributed by atoms with van der Waals surface area (Å²) in [6, 6.07) is 4.15. The summed E-state index contributed by atoms with van der Waals surface area (Å²) < 4.78 is 0. The van der Waals surface area contributed by atoms with Crippen LogP contribution in [0.4, 0.5) is 0 Å². The van der Waals surface area contributed by atoms with E-state index in [1.807, 2.05) is 0 Å². The van der Waals surface area contributed by atoms with Gasteiger partial charge in [0.2, 0.25) is 0 Å². The van der Waals surface area contributed by atoms with Crippen molar-refractivity contribution in [2.75, 3.05) is 0 Å². The molecule has 0 aromatic heterocycles. The summed E-state index contributed by atoms with van der Waals surface area (Å²) in [4.78, 5) is 0. The molecule has 1 heteroatoms. The Morgan fingerprint density at radius 3 is 1.92 bits per heavy atom. The maximum absolute atomic E-state index is 5.61. The quantitative estimate of drug-likeness (QED) is 0.673. The maximum Gasteiger partial charge on any atom is 0.0314 e. The number of nitrogens with two attached hydrogens (primary N) is 1. The molecule has 0 spiro atoms. The van der Waals surface area contributed by atoms with E-state index < -0.39 is 0 Å². The van der Waals surface area contributed by atoms with Gasteiger partial charge >= 0.3 is 0 Å². The van der Waals surface area contributed by atoms with Crippen molar-refractivity contribution in [1.29, 1.82) is 0 Å². The Balaban J connectivity index is 3.31. The molecular formula is C11H15N. The third-order valence-electron chi connectivity index (χ3n) is 2.30. The van der Waals surface area contributed by atoms with Crippen molar-refractivity contribution in [1.82, 2.24) is 0 Å². The molecule has 0 amide bonds. The summed E-state index contributed by atoms with van der Waals surface area (Å²) in [5, 5.41) is 0. The van der Waals surface area contributed by atoms with Gasteiger partial charge in [-0.3, -0.25) is 0 Å². The second kappa shape index (κ2) is 3.02. The third-order valence-corrected chi connectivity index (χ3v) is 2.30. The van der Waals surface area contributed by atoms with E-state index in [0.29, 0.717) is 5.70 Å². The Labute approximate surface area is 73.9 Å². The first-order chi connectivity index (χ1) is 5.52. The van der Waals surface area contributed by atoms with Crippen molar-refractivity contribution in [3.05, 3.63) is 41.0 Å². The zero-order chi connectivity index (χ0) is 9.30. The van der Waals surface area contributed by atoms with Crippen molar-refractivity contribution in [3.63, 3.8) is 0 Å². The van der Waals surface area contributed by atoms with Crippen LogP contribution in [0.3, 0.4) is 0 Å². The van der Waals surface area contributed by atoms with Crippen LogP contribution in [0.5, 0.6) is 0 Å². The lowest BCUT2D eigenvalue weighted by molar-refractivity contribution is 1.25. The highest BCUT2D eigenvalue weighted by Crippen LogP contribution is 2.17. The molecular weight excluding hydrogens is 146 g/mol. The molecule has 1 aromatic rings. The molecule has 0 aliphatic heterocycles. The molecule has 1 nitrogen and oxygen atoms in total. The van der Waals surface area contributed by atoms with Crippen LogP contribution in [-0.4, -0.2) is 0 Å². The maximum atomic E-state index is 5.61. The minimum atomic E-state index is 0.640. The van der Waals surface area contributed by atoms with Crippen molar-refractivity contribution in [2.24, 2.45) is 5.73 Å². The molecule has 0 saturated carbocycles. The Kier molecular flexibility index (Phi) is 2.22. The highest BCUT2D eigenvalue weighted by atomic mass is 14.6. The lowest BCUT2D eigenvalue weighted by Crippen LogP contribution is -1.97. The highest BCUT2D eigenvalue weighted by Gasteiger charge is 2.00. The number of benzene rings is 1. The van der Waals surface area contributed by atoms with Crippen molar-refractivity contribution in [3.8, 4) is 0 Å². The predicted octanol–water partition coefficient (Wildman–Crippen LogP) is 2.54. The van der Waals surface area contributed by atoms with Crippen LogP contribution in [0.2, 0.25) is 0 Å². The van der Waals surface area contributed by atoms with E-state index in [1.165, 1.54) is 16.7 Å². The SMILES string of the molecule is C=C(N)c1cc(C)c(C)c(C)c1. The fraction of sp³-hybridized carbons (Fsp3) is 0.273. The van der Waals surface area contributed by atoms with Gasteiger partial charge in [0.25, 0.3) is 0 Å². The average molecular weight is 161 g/mol. The van der Waals surface area contributed by atoms with Gasteiger partial charge in [0, 0.05) is 5.70 Å². The van der Waals surface area contributed by atoms with Crippen LogP contribution in [0.25, 0.3) is 5.70 Å². The Bertz CT molecular complexity index is 301. The normalized spacial score (nSPS) is 9.92. The van der Waals surface area contributed by atoms with Gasteiger partial charge in [0.05, 0.1) is 0 Å². The van der Waals surface area contributed by atoms with Gasteiger partial charge in [-0.2, -0.15) is 0 Å². The summed E-state index contributed by atoms with van der Waals surface area (Å²) in [6.45, 7) is 10.0. The molecule has 0 aliphatic carbocycles. The third kappa shape index (κ3) is 1.50. The standard InChI is InChI=1S/C11H15N/c1-7-5-11(10(4)12)6-8(2)9(7)3/h5-6H,4,12H2,1-3H3. The van der Waals surface area contributed by atoms with Gasteiger partial charge in [0.15, 0.2) is 0 Å². The zero-order valence-electron chi connectivity index (χ0n) is 7.94. The Morgan fingerprint density at radius 1 is 1.17 bits per heavy atom. The second-order valence-corrected chi connectivity index (χ2v) is 3.26. The van der Waals surface area contributed by atoms with Gasteiger partial charge in [0.1, 0.15) is 0 Å². The zero-order valence-corrected chi connectivity index (χ0v) is 7.94. The fourth-order valence-corrected chi connectivity index (χ4v) is 1.22. The minimum absolute atomic E-state index is 0.640. The molecule has 0 aliphatic rings. The first kappa shape index (κ1) is 8.85. The molecule has 0 unspecified atom stereocenters. The average Bonchev–Trinajstić information content (AvgIpc) is 1.99. The van der Waals surface area contributed by atoms with E-state index in [9.17, 15) is 0 Å². The molecule has 0 heterocycles. The van der Waals surface area contributed by atoms with Gasteiger partial charge in [-0.15, -0.1) is 0 Å². The van der Waals surface area contributed by atoms with E-state index >= 15 is 0 Å². The second-order valence-electron chi connectivity index (χ2n) is 3.26. The van der Waals surface area contributed by atoms with E-state index in [2.05, 4.69) is 39.5 Å². The Hall–Kier alpha value is -1.24. The Morgan fingerprint density at radius 2 is 1.58 bits per heavy atom. The van der Waals surface area contributed by atoms with Crippen LogP contribution in [-0.2, 0) is 0 Å². The van der Waals surface area contributed by atoms with Gasteiger partial charge in [-0.1, -0.05) is 6.58 Å².